The van der Waals surface area contributed by atoms with Gasteiger partial charge in [0, 0.05) is 28.9 Å². The van der Waals surface area contributed by atoms with Crippen molar-refractivity contribution < 1.29 is 0 Å². The Kier molecular flexibility index (Phi) is 3.48. The fourth-order valence-electron chi connectivity index (χ4n) is 3.88. The highest BCUT2D eigenvalue weighted by molar-refractivity contribution is 7.12. The zero-order valence-electron chi connectivity index (χ0n) is 11.4. The lowest BCUT2D eigenvalue weighted by atomic mass is 10.0. The second kappa shape index (κ2) is 4.95. The zero-order valence-corrected chi connectivity index (χ0v) is 12.2. The molecule has 4 atom stereocenters. The van der Waals surface area contributed by atoms with Crippen LogP contribution in [0.15, 0.2) is 12.1 Å². The number of aryl methyl sites for hydroxylation is 1. The fourth-order valence-corrected chi connectivity index (χ4v) is 5.01. The third kappa shape index (κ3) is 2.24. The topological polar surface area (TPSA) is 29.3 Å². The molecule has 100 valence electrons. The molecule has 1 saturated carbocycles. The number of fused-ring (bicyclic) bond motifs is 1. The van der Waals surface area contributed by atoms with Gasteiger partial charge in [0.25, 0.3) is 0 Å². The average molecular weight is 264 g/mol. The highest BCUT2D eigenvalue weighted by Crippen LogP contribution is 2.42. The standard InChI is InChI=1S/C15H24N2S/c1-10-6-7-14(18-10)15(11(2)16)17-8-12-4-3-5-13(12)9-17/h6-7,11-13,15H,3-5,8-9,16H2,1-2H3. The minimum Gasteiger partial charge on any atom is -0.326 e. The molecular formula is C15H24N2S. The van der Waals surface area contributed by atoms with E-state index in [9.17, 15) is 0 Å². The van der Waals surface area contributed by atoms with Crippen molar-refractivity contribution in [1.29, 1.82) is 0 Å². The van der Waals surface area contributed by atoms with Gasteiger partial charge in [-0.25, -0.2) is 0 Å². The van der Waals surface area contributed by atoms with Crippen LogP contribution in [0.4, 0.5) is 0 Å². The molecule has 1 aliphatic heterocycles. The molecule has 0 aromatic carbocycles. The minimum atomic E-state index is 0.224. The summed E-state index contributed by atoms with van der Waals surface area (Å²) >= 11 is 1.92. The molecule has 0 amide bonds. The molecule has 2 fully saturated rings. The molecule has 4 unspecified atom stereocenters. The summed E-state index contributed by atoms with van der Waals surface area (Å²) in [6, 6.07) is 5.17. The summed E-state index contributed by atoms with van der Waals surface area (Å²) in [5.74, 6) is 1.90. The van der Waals surface area contributed by atoms with Crippen LogP contribution in [0, 0.1) is 18.8 Å². The number of nitrogens with two attached hydrogens (primary N) is 1. The molecule has 1 aromatic rings. The van der Waals surface area contributed by atoms with Crippen LogP contribution in [0.3, 0.4) is 0 Å². The van der Waals surface area contributed by atoms with Gasteiger partial charge in [-0.15, -0.1) is 11.3 Å². The Bertz CT molecular complexity index is 400. The largest absolute Gasteiger partial charge is 0.326 e. The van der Waals surface area contributed by atoms with E-state index < -0.39 is 0 Å². The summed E-state index contributed by atoms with van der Waals surface area (Å²) in [6.07, 6.45) is 4.33. The lowest BCUT2D eigenvalue weighted by Gasteiger charge is -2.30. The molecule has 2 aliphatic rings. The Balaban J connectivity index is 1.79. The van der Waals surface area contributed by atoms with E-state index in [4.69, 9.17) is 5.73 Å². The third-order valence-electron chi connectivity index (χ3n) is 4.70. The molecule has 0 radical (unpaired) electrons. The van der Waals surface area contributed by atoms with Crippen molar-refractivity contribution in [3.05, 3.63) is 21.9 Å². The number of likely N-dealkylation sites (tertiary alicyclic amines) is 1. The monoisotopic (exact) mass is 264 g/mol. The van der Waals surface area contributed by atoms with Gasteiger partial charge in [0.1, 0.15) is 0 Å². The van der Waals surface area contributed by atoms with Crippen molar-refractivity contribution in [3.63, 3.8) is 0 Å². The van der Waals surface area contributed by atoms with Gasteiger partial charge in [0.15, 0.2) is 0 Å². The second-order valence-electron chi connectivity index (χ2n) is 6.16. The average Bonchev–Trinajstić information content (AvgIpc) is 2.94. The van der Waals surface area contributed by atoms with Crippen LogP contribution >= 0.6 is 11.3 Å². The maximum atomic E-state index is 6.27. The summed E-state index contributed by atoms with van der Waals surface area (Å²) < 4.78 is 0. The molecule has 2 nitrogen and oxygen atoms in total. The van der Waals surface area contributed by atoms with Gasteiger partial charge in [0.2, 0.25) is 0 Å². The van der Waals surface area contributed by atoms with Crippen molar-refractivity contribution in [2.45, 2.75) is 45.2 Å². The maximum absolute atomic E-state index is 6.27. The van der Waals surface area contributed by atoms with Gasteiger partial charge >= 0.3 is 0 Å². The van der Waals surface area contributed by atoms with Gasteiger partial charge < -0.3 is 5.73 Å². The molecule has 1 saturated heterocycles. The molecule has 2 heterocycles. The normalized spacial score (nSPS) is 31.5. The van der Waals surface area contributed by atoms with Crippen LogP contribution in [-0.2, 0) is 0 Å². The Morgan fingerprint density at radius 1 is 1.28 bits per heavy atom. The van der Waals surface area contributed by atoms with E-state index in [0.717, 1.165) is 11.8 Å². The van der Waals surface area contributed by atoms with Crippen LogP contribution in [0.2, 0.25) is 0 Å². The highest BCUT2D eigenvalue weighted by Gasteiger charge is 2.40. The second-order valence-corrected chi connectivity index (χ2v) is 7.48. The van der Waals surface area contributed by atoms with Crippen molar-refractivity contribution in [2.24, 2.45) is 17.6 Å². The lowest BCUT2D eigenvalue weighted by Crippen LogP contribution is -2.38. The fraction of sp³-hybridized carbons (Fsp3) is 0.733. The molecule has 2 N–H and O–H groups in total. The maximum Gasteiger partial charge on any atom is 0.0591 e. The number of nitrogens with zero attached hydrogens (tertiary/aromatic N) is 1. The number of rotatable bonds is 3. The van der Waals surface area contributed by atoms with Gasteiger partial charge in [-0.2, -0.15) is 0 Å². The summed E-state index contributed by atoms with van der Waals surface area (Å²) in [7, 11) is 0. The minimum absolute atomic E-state index is 0.224. The van der Waals surface area contributed by atoms with Gasteiger partial charge in [-0.3, -0.25) is 4.90 Å². The van der Waals surface area contributed by atoms with E-state index in [-0.39, 0.29) is 6.04 Å². The SMILES string of the molecule is Cc1ccc(C(C(C)N)N2CC3CCCC3C2)s1. The summed E-state index contributed by atoms with van der Waals surface area (Å²) in [5.41, 5.74) is 6.27. The number of hydrogen-bond donors (Lipinski definition) is 1. The van der Waals surface area contributed by atoms with E-state index in [1.165, 1.54) is 42.1 Å². The van der Waals surface area contributed by atoms with E-state index in [1.807, 2.05) is 11.3 Å². The van der Waals surface area contributed by atoms with Gasteiger partial charge in [0.05, 0.1) is 6.04 Å². The van der Waals surface area contributed by atoms with Crippen molar-refractivity contribution in [2.75, 3.05) is 13.1 Å². The van der Waals surface area contributed by atoms with Crippen LogP contribution in [0.1, 0.15) is 42.0 Å². The molecule has 0 bridgehead atoms. The van der Waals surface area contributed by atoms with Gasteiger partial charge in [-0.1, -0.05) is 6.42 Å². The zero-order chi connectivity index (χ0) is 12.7. The Morgan fingerprint density at radius 3 is 2.44 bits per heavy atom. The number of thiophene rings is 1. The predicted molar refractivity (Wildman–Crippen MR) is 77.9 cm³/mol. The molecule has 3 heteroatoms. The van der Waals surface area contributed by atoms with Gasteiger partial charge in [-0.05, 0) is 50.7 Å². The summed E-state index contributed by atoms with van der Waals surface area (Å²) in [5, 5.41) is 0. The van der Waals surface area contributed by atoms with E-state index in [0.29, 0.717) is 6.04 Å². The summed E-state index contributed by atoms with van der Waals surface area (Å²) in [6.45, 7) is 6.89. The third-order valence-corrected chi connectivity index (χ3v) is 5.77. The highest BCUT2D eigenvalue weighted by atomic mass is 32.1. The van der Waals surface area contributed by atoms with Crippen molar-refractivity contribution >= 4 is 11.3 Å². The van der Waals surface area contributed by atoms with E-state index in [1.54, 1.807) is 0 Å². The Hall–Kier alpha value is -0.380. The first-order chi connectivity index (χ1) is 8.65. The smallest absolute Gasteiger partial charge is 0.0591 e. The molecular weight excluding hydrogens is 240 g/mol. The summed E-state index contributed by atoms with van der Waals surface area (Å²) in [4.78, 5) is 5.52. The van der Waals surface area contributed by atoms with Crippen LogP contribution < -0.4 is 5.73 Å². The van der Waals surface area contributed by atoms with Crippen LogP contribution in [0.25, 0.3) is 0 Å². The molecule has 3 rings (SSSR count). The van der Waals surface area contributed by atoms with E-state index >= 15 is 0 Å². The van der Waals surface area contributed by atoms with Crippen LogP contribution in [0.5, 0.6) is 0 Å². The first kappa shape index (κ1) is 12.6. The molecule has 0 spiro atoms. The van der Waals surface area contributed by atoms with Crippen molar-refractivity contribution in [1.82, 2.24) is 4.90 Å². The Labute approximate surface area is 114 Å². The molecule has 18 heavy (non-hydrogen) atoms. The first-order valence-electron chi connectivity index (χ1n) is 7.21. The molecule has 1 aromatic heterocycles. The number of hydrogen-bond acceptors (Lipinski definition) is 3. The van der Waals surface area contributed by atoms with E-state index in [2.05, 4.69) is 30.9 Å². The van der Waals surface area contributed by atoms with Crippen molar-refractivity contribution in [3.8, 4) is 0 Å². The lowest BCUT2D eigenvalue weighted by molar-refractivity contribution is 0.206. The first-order valence-corrected chi connectivity index (χ1v) is 8.03. The predicted octanol–water partition coefficient (Wildman–Crippen LogP) is 3.18. The van der Waals surface area contributed by atoms with Crippen LogP contribution in [-0.4, -0.2) is 24.0 Å². The Morgan fingerprint density at radius 2 is 1.94 bits per heavy atom. The quantitative estimate of drug-likeness (QED) is 0.908. The molecule has 1 aliphatic carbocycles.